The number of urea groups is 1. The van der Waals surface area contributed by atoms with Gasteiger partial charge in [-0.25, -0.2) is 26.4 Å². The second-order valence-corrected chi connectivity index (χ2v) is 15.4. The summed E-state index contributed by atoms with van der Waals surface area (Å²) < 4.78 is 53.7. The van der Waals surface area contributed by atoms with E-state index in [0.29, 0.717) is 42.9 Å². The van der Waals surface area contributed by atoms with Crippen LogP contribution in [0.3, 0.4) is 0 Å². The van der Waals surface area contributed by atoms with E-state index in [-0.39, 0.29) is 15.7 Å². The largest absolute Gasteiger partial charge is 0.340 e. The average molecular weight is 641 g/mol. The van der Waals surface area contributed by atoms with Crippen LogP contribution in [0.1, 0.15) is 34.5 Å². The highest BCUT2D eigenvalue weighted by Gasteiger charge is 2.44. The molecular weight excluding hydrogens is 612 g/mol. The molecule has 13 heteroatoms. The van der Waals surface area contributed by atoms with Crippen molar-refractivity contribution < 1.29 is 26.4 Å². The number of carbonyl (C=O) groups is 2. The van der Waals surface area contributed by atoms with Gasteiger partial charge in [-0.2, -0.15) is 0 Å². The van der Waals surface area contributed by atoms with Gasteiger partial charge in [0.15, 0.2) is 9.84 Å². The number of fused-ring (bicyclic) bond motifs is 3. The normalized spacial score (nSPS) is 16.2. The van der Waals surface area contributed by atoms with Gasteiger partial charge in [-0.05, 0) is 91.4 Å². The lowest BCUT2D eigenvalue weighted by Crippen LogP contribution is -2.46. The summed E-state index contributed by atoms with van der Waals surface area (Å²) in [6.45, 7) is 0.538. The zero-order valence-corrected chi connectivity index (χ0v) is 25.8. The minimum atomic E-state index is -4.06. The summed E-state index contributed by atoms with van der Waals surface area (Å²) in [5.41, 5.74) is 3.19. The zero-order chi connectivity index (χ0) is 30.7. The Morgan fingerprint density at radius 2 is 1.60 bits per heavy atom. The van der Waals surface area contributed by atoms with Gasteiger partial charge in [0.1, 0.15) is 5.69 Å². The number of nitrogens with one attached hydrogen (secondary N) is 2. The molecule has 0 spiro atoms. The van der Waals surface area contributed by atoms with E-state index in [4.69, 9.17) is 11.6 Å². The number of sulfonamides is 1. The predicted octanol–water partition coefficient (Wildman–Crippen LogP) is 4.08. The van der Waals surface area contributed by atoms with Gasteiger partial charge in [-0.15, -0.1) is 0 Å². The molecule has 2 N–H and O–H groups in total. The van der Waals surface area contributed by atoms with Crippen LogP contribution in [0.2, 0.25) is 5.02 Å². The molecule has 1 aliphatic heterocycles. The zero-order valence-electron chi connectivity index (χ0n) is 23.4. The lowest BCUT2D eigenvalue weighted by atomic mass is 10.0. The third-order valence-corrected chi connectivity index (χ3v) is 10.7. The van der Waals surface area contributed by atoms with Crippen LogP contribution < -0.4 is 10.0 Å². The van der Waals surface area contributed by atoms with Crippen molar-refractivity contribution in [3.8, 4) is 5.69 Å². The highest BCUT2D eigenvalue weighted by molar-refractivity contribution is 7.90. The van der Waals surface area contributed by atoms with Crippen LogP contribution in [-0.4, -0.2) is 63.6 Å². The third kappa shape index (κ3) is 5.62. The van der Waals surface area contributed by atoms with Gasteiger partial charge in [0.25, 0.3) is 15.9 Å². The molecule has 0 bridgehead atoms. The smallest absolute Gasteiger partial charge is 0.329 e. The maximum atomic E-state index is 13.3. The molecule has 3 aromatic carbocycles. The van der Waals surface area contributed by atoms with Crippen LogP contribution in [0.4, 0.5) is 4.79 Å². The Bertz CT molecular complexity index is 2000. The molecule has 2 heterocycles. The summed E-state index contributed by atoms with van der Waals surface area (Å²) in [6.07, 6.45) is 3.66. The SMILES string of the molecule is CN1CCc2c(n(-c3ccc(CC4(NC(=O)NS(=O)(=O)c5ccc(Cl)cc5)CC4)cc3)c3ccc(S(C)(=O)=O)cc23)C1=O. The average Bonchev–Trinajstić information content (AvgIpc) is 3.60. The molecule has 1 fully saturated rings. The van der Waals surface area contributed by atoms with Gasteiger partial charge < -0.3 is 14.8 Å². The molecule has 0 radical (unpaired) electrons. The van der Waals surface area contributed by atoms with Gasteiger partial charge in [0.2, 0.25) is 0 Å². The molecule has 0 saturated heterocycles. The first-order chi connectivity index (χ1) is 20.3. The molecule has 10 nitrogen and oxygen atoms in total. The molecule has 2 aliphatic rings. The summed E-state index contributed by atoms with van der Waals surface area (Å²) in [4.78, 5) is 27.8. The summed E-state index contributed by atoms with van der Waals surface area (Å²) in [6, 6.07) is 17.3. The van der Waals surface area contributed by atoms with E-state index in [1.807, 2.05) is 28.8 Å². The first kappa shape index (κ1) is 29.2. The highest BCUT2D eigenvalue weighted by atomic mass is 35.5. The van der Waals surface area contributed by atoms with Gasteiger partial charge in [-0.1, -0.05) is 23.7 Å². The number of amides is 3. The molecular formula is C30H29ClN4O6S2. The summed E-state index contributed by atoms with van der Waals surface area (Å²) in [7, 11) is -5.74. The van der Waals surface area contributed by atoms with E-state index in [2.05, 4.69) is 10.0 Å². The Hall–Kier alpha value is -3.87. The number of halogens is 1. The first-order valence-corrected chi connectivity index (χ1v) is 17.3. The molecule has 224 valence electrons. The number of aromatic nitrogens is 1. The maximum Gasteiger partial charge on any atom is 0.329 e. The quantitative estimate of drug-likeness (QED) is 0.313. The van der Waals surface area contributed by atoms with Crippen molar-refractivity contribution in [1.29, 1.82) is 0 Å². The van der Waals surface area contributed by atoms with E-state index in [0.717, 1.165) is 27.7 Å². The van der Waals surface area contributed by atoms with Crippen molar-refractivity contribution in [1.82, 2.24) is 19.5 Å². The second-order valence-electron chi connectivity index (χ2n) is 11.2. The Kier molecular flexibility index (Phi) is 7.06. The van der Waals surface area contributed by atoms with Gasteiger partial charge in [0, 0.05) is 41.5 Å². The minimum Gasteiger partial charge on any atom is -0.340 e. The molecule has 1 aliphatic carbocycles. The molecule has 0 atom stereocenters. The molecule has 1 saturated carbocycles. The molecule has 4 aromatic rings. The Morgan fingerprint density at radius 3 is 2.23 bits per heavy atom. The van der Waals surface area contributed by atoms with Crippen LogP contribution in [-0.2, 0) is 32.7 Å². The third-order valence-electron chi connectivity index (χ3n) is 8.04. The minimum absolute atomic E-state index is 0.0653. The van der Waals surface area contributed by atoms with Crippen LogP contribution in [0, 0.1) is 0 Å². The van der Waals surface area contributed by atoms with Crippen molar-refractivity contribution in [2.75, 3.05) is 19.8 Å². The van der Waals surface area contributed by atoms with E-state index < -0.39 is 31.4 Å². The summed E-state index contributed by atoms with van der Waals surface area (Å²) >= 11 is 5.84. The standard InChI is InChI=1S/C30H29ClN4O6S2/c1-34-16-13-24-25-17-23(42(2,38)39)11-12-26(25)35(27(24)28(34)36)21-7-3-19(4-8-21)18-30(14-15-30)32-29(37)33-43(40,41)22-9-5-20(31)6-10-22/h3-12,17H,13-16,18H2,1-2H3,(H2,32,33,37). The Morgan fingerprint density at radius 1 is 0.953 bits per heavy atom. The van der Waals surface area contributed by atoms with E-state index in [1.165, 1.54) is 30.5 Å². The van der Waals surface area contributed by atoms with Crippen LogP contribution >= 0.6 is 11.6 Å². The van der Waals surface area contributed by atoms with Crippen molar-refractivity contribution in [3.05, 3.63) is 88.6 Å². The Labute approximate surface area is 254 Å². The van der Waals surface area contributed by atoms with Crippen molar-refractivity contribution in [2.24, 2.45) is 0 Å². The van der Waals surface area contributed by atoms with Crippen LogP contribution in [0.15, 0.2) is 76.5 Å². The van der Waals surface area contributed by atoms with Crippen molar-refractivity contribution >= 4 is 54.3 Å². The second kappa shape index (κ2) is 10.4. The number of nitrogens with zero attached hydrogens (tertiary/aromatic N) is 2. The monoisotopic (exact) mass is 640 g/mol. The lowest BCUT2D eigenvalue weighted by molar-refractivity contribution is 0.0773. The molecule has 3 amide bonds. The summed E-state index contributed by atoms with van der Waals surface area (Å²) in [5.74, 6) is -0.136. The fourth-order valence-corrected chi connectivity index (χ4v) is 7.27. The lowest BCUT2D eigenvalue weighted by Gasteiger charge is -2.24. The first-order valence-electron chi connectivity index (χ1n) is 13.6. The number of sulfone groups is 1. The van der Waals surface area contributed by atoms with Crippen LogP contribution in [0.5, 0.6) is 0 Å². The Balaban J connectivity index is 1.25. The number of likely N-dealkylation sites (N-methyl/N-ethyl adjacent to an activating group) is 1. The fraction of sp³-hybridized carbons (Fsp3) is 0.267. The number of carbonyl (C=O) groups excluding carboxylic acids is 2. The van der Waals surface area contributed by atoms with Gasteiger partial charge >= 0.3 is 6.03 Å². The fourth-order valence-electron chi connectivity index (χ4n) is 5.58. The van der Waals surface area contributed by atoms with E-state index >= 15 is 0 Å². The van der Waals surface area contributed by atoms with Gasteiger partial charge in [-0.3, -0.25) is 4.79 Å². The van der Waals surface area contributed by atoms with E-state index in [9.17, 15) is 26.4 Å². The number of hydrogen-bond donors (Lipinski definition) is 2. The molecule has 1 aromatic heterocycles. The molecule has 0 unspecified atom stereocenters. The topological polar surface area (TPSA) is 135 Å². The summed E-state index contributed by atoms with van der Waals surface area (Å²) in [5, 5.41) is 3.95. The highest BCUT2D eigenvalue weighted by Crippen LogP contribution is 2.39. The van der Waals surface area contributed by atoms with Crippen LogP contribution in [0.25, 0.3) is 16.6 Å². The van der Waals surface area contributed by atoms with E-state index in [1.54, 1.807) is 30.1 Å². The number of hydrogen-bond acceptors (Lipinski definition) is 6. The number of benzene rings is 3. The van der Waals surface area contributed by atoms with Gasteiger partial charge in [0.05, 0.1) is 15.3 Å². The maximum absolute atomic E-state index is 13.3. The predicted molar refractivity (Wildman–Crippen MR) is 163 cm³/mol. The number of rotatable bonds is 7. The molecule has 6 rings (SSSR count). The van der Waals surface area contributed by atoms with Crippen molar-refractivity contribution in [3.63, 3.8) is 0 Å². The molecule has 43 heavy (non-hydrogen) atoms. The van der Waals surface area contributed by atoms with Crippen molar-refractivity contribution in [2.45, 2.75) is 41.0 Å².